The molecule has 0 fully saturated rings. The van der Waals surface area contributed by atoms with Crippen molar-refractivity contribution in [2.45, 2.75) is 45.3 Å². The van der Waals surface area contributed by atoms with Crippen LogP contribution in [0.3, 0.4) is 0 Å². The van der Waals surface area contributed by atoms with Crippen LogP contribution in [0.1, 0.15) is 59.3 Å². The topological polar surface area (TPSA) is 80.6 Å². The summed E-state index contributed by atoms with van der Waals surface area (Å²) < 4.78 is 49.2. The SMILES string of the molecule is CCCC(c1ccc(C(=O)NCCC(=O)O)cc1)n1cc(-c2cc(C(F)(F)F)ccc2OC)c2ccc(-c3ccc(C)cc3)cc21. The van der Waals surface area contributed by atoms with Crippen LogP contribution in [0.15, 0.2) is 91.1 Å². The fourth-order valence-corrected chi connectivity index (χ4v) is 5.73. The van der Waals surface area contributed by atoms with Crippen LogP contribution in [-0.2, 0) is 11.0 Å². The first-order valence-corrected chi connectivity index (χ1v) is 15.1. The number of ether oxygens (including phenoxy) is 1. The molecule has 5 rings (SSSR count). The third-order valence-electron chi connectivity index (χ3n) is 8.12. The van der Waals surface area contributed by atoms with Gasteiger partial charge in [-0.3, -0.25) is 9.59 Å². The molecule has 1 amide bonds. The van der Waals surface area contributed by atoms with Crippen molar-refractivity contribution in [3.63, 3.8) is 0 Å². The molecule has 0 aliphatic rings. The number of carboxylic acids is 1. The molecular formula is C37H35F3N2O4. The van der Waals surface area contributed by atoms with Gasteiger partial charge in [-0.15, -0.1) is 0 Å². The summed E-state index contributed by atoms with van der Waals surface area (Å²) in [4.78, 5) is 23.4. The summed E-state index contributed by atoms with van der Waals surface area (Å²) >= 11 is 0. The molecule has 0 saturated heterocycles. The van der Waals surface area contributed by atoms with Gasteiger partial charge in [-0.25, -0.2) is 0 Å². The number of alkyl halides is 3. The van der Waals surface area contributed by atoms with Gasteiger partial charge in [0, 0.05) is 40.3 Å². The van der Waals surface area contributed by atoms with E-state index in [1.165, 1.54) is 13.2 Å². The Labute approximate surface area is 265 Å². The Morgan fingerprint density at radius 2 is 1.61 bits per heavy atom. The number of carbonyl (C=O) groups is 2. The van der Waals surface area contributed by atoms with Crippen LogP contribution in [0.2, 0.25) is 0 Å². The minimum Gasteiger partial charge on any atom is -0.496 e. The van der Waals surface area contributed by atoms with Gasteiger partial charge in [0.05, 0.1) is 25.1 Å². The minimum atomic E-state index is -4.52. The summed E-state index contributed by atoms with van der Waals surface area (Å²) in [6.45, 7) is 4.11. The van der Waals surface area contributed by atoms with Crippen molar-refractivity contribution in [3.8, 4) is 28.0 Å². The van der Waals surface area contributed by atoms with Crippen molar-refractivity contribution < 1.29 is 32.6 Å². The number of aromatic nitrogens is 1. The number of halogens is 3. The summed E-state index contributed by atoms with van der Waals surface area (Å²) in [6, 6.07) is 24.6. The molecule has 1 aromatic heterocycles. The van der Waals surface area contributed by atoms with Gasteiger partial charge in [-0.2, -0.15) is 13.2 Å². The number of aryl methyl sites for hydroxylation is 1. The molecule has 1 heterocycles. The van der Waals surface area contributed by atoms with Gasteiger partial charge >= 0.3 is 12.1 Å². The summed E-state index contributed by atoms with van der Waals surface area (Å²) in [5, 5.41) is 12.3. The van der Waals surface area contributed by atoms with Crippen LogP contribution in [0.4, 0.5) is 13.2 Å². The van der Waals surface area contributed by atoms with E-state index in [1.54, 1.807) is 12.1 Å². The van der Waals surface area contributed by atoms with E-state index in [0.29, 0.717) is 22.4 Å². The number of carbonyl (C=O) groups excluding carboxylic acids is 1. The standard InChI is InChI=1S/C37H35F3N2O4/c1-4-5-32(25-10-12-26(13-11-25)36(45)41-19-18-35(43)44)42-22-31(30-21-28(37(38,39)40)15-17-34(30)46-3)29-16-14-27(20-33(29)42)24-8-6-23(2)7-9-24/h6-17,20-22,32H,4-5,18-19H2,1-3H3,(H,41,45)(H,43,44). The molecule has 2 N–H and O–H groups in total. The lowest BCUT2D eigenvalue weighted by Gasteiger charge is -2.21. The molecule has 0 aliphatic carbocycles. The molecule has 1 atom stereocenters. The predicted molar refractivity (Wildman–Crippen MR) is 173 cm³/mol. The van der Waals surface area contributed by atoms with E-state index in [4.69, 9.17) is 9.84 Å². The Morgan fingerprint density at radius 3 is 2.24 bits per heavy atom. The molecule has 0 bridgehead atoms. The van der Waals surface area contributed by atoms with Gasteiger partial charge in [0.2, 0.25) is 0 Å². The van der Waals surface area contributed by atoms with Crippen LogP contribution >= 0.6 is 0 Å². The highest BCUT2D eigenvalue weighted by Gasteiger charge is 2.32. The van der Waals surface area contributed by atoms with E-state index < -0.39 is 17.7 Å². The van der Waals surface area contributed by atoms with Crippen LogP contribution in [0.5, 0.6) is 5.75 Å². The number of nitrogens with one attached hydrogen (secondary N) is 1. The quantitative estimate of drug-likeness (QED) is 0.153. The zero-order valence-electron chi connectivity index (χ0n) is 25.8. The van der Waals surface area contributed by atoms with Crippen LogP contribution < -0.4 is 10.1 Å². The second-order valence-corrected chi connectivity index (χ2v) is 11.3. The van der Waals surface area contributed by atoms with Crippen LogP contribution in [0.25, 0.3) is 33.2 Å². The highest BCUT2D eigenvalue weighted by Crippen LogP contribution is 2.43. The van der Waals surface area contributed by atoms with Gasteiger partial charge < -0.3 is 19.7 Å². The number of aliphatic carboxylic acids is 1. The minimum absolute atomic E-state index is 0.0226. The van der Waals surface area contributed by atoms with Crippen molar-refractivity contribution in [2.24, 2.45) is 0 Å². The Morgan fingerprint density at radius 1 is 0.913 bits per heavy atom. The number of nitrogens with zero attached hydrogens (tertiary/aromatic N) is 1. The third-order valence-corrected chi connectivity index (χ3v) is 8.12. The maximum atomic E-state index is 13.9. The maximum Gasteiger partial charge on any atom is 0.416 e. The first-order valence-electron chi connectivity index (χ1n) is 15.1. The largest absolute Gasteiger partial charge is 0.496 e. The number of carboxylic acid groups (broad SMARTS) is 1. The van der Waals surface area contributed by atoms with Crippen molar-refractivity contribution in [2.75, 3.05) is 13.7 Å². The lowest BCUT2D eigenvalue weighted by molar-refractivity contribution is -0.138. The number of amides is 1. The smallest absolute Gasteiger partial charge is 0.416 e. The van der Waals surface area contributed by atoms with E-state index in [9.17, 15) is 22.8 Å². The summed E-state index contributed by atoms with van der Waals surface area (Å²) in [5.41, 5.74) is 5.49. The number of benzene rings is 4. The molecule has 46 heavy (non-hydrogen) atoms. The molecule has 5 aromatic rings. The molecule has 9 heteroatoms. The van der Waals surface area contributed by atoms with Crippen LogP contribution in [-0.4, -0.2) is 35.2 Å². The summed E-state index contributed by atoms with van der Waals surface area (Å²) in [7, 11) is 1.44. The predicted octanol–water partition coefficient (Wildman–Crippen LogP) is 8.91. The van der Waals surface area contributed by atoms with Crippen molar-refractivity contribution in [3.05, 3.63) is 113 Å². The van der Waals surface area contributed by atoms with E-state index in [-0.39, 0.29) is 24.9 Å². The zero-order chi connectivity index (χ0) is 33.0. The normalized spacial score (nSPS) is 12.2. The molecule has 1 unspecified atom stereocenters. The van der Waals surface area contributed by atoms with Crippen LogP contribution in [0, 0.1) is 6.92 Å². The number of fused-ring (bicyclic) bond motifs is 1. The first kappa shape index (κ1) is 32.3. The van der Waals surface area contributed by atoms with E-state index in [0.717, 1.165) is 58.1 Å². The molecule has 0 spiro atoms. The number of rotatable bonds is 11. The average Bonchev–Trinajstić information content (AvgIpc) is 3.41. The van der Waals surface area contributed by atoms with E-state index >= 15 is 0 Å². The number of hydrogen-bond donors (Lipinski definition) is 2. The van der Waals surface area contributed by atoms with Gasteiger partial charge in [0.15, 0.2) is 0 Å². The lowest BCUT2D eigenvalue weighted by Crippen LogP contribution is -2.26. The molecule has 238 valence electrons. The Hall–Kier alpha value is -5.05. The van der Waals surface area contributed by atoms with Gasteiger partial charge in [-0.1, -0.05) is 67.4 Å². The zero-order valence-corrected chi connectivity index (χ0v) is 25.8. The third kappa shape index (κ3) is 6.93. The fraction of sp³-hybridized carbons (Fsp3) is 0.243. The second kappa shape index (κ2) is 13.5. The highest BCUT2D eigenvalue weighted by molar-refractivity contribution is 6.00. The van der Waals surface area contributed by atoms with Crippen molar-refractivity contribution in [1.82, 2.24) is 9.88 Å². The number of hydrogen-bond acceptors (Lipinski definition) is 3. The van der Waals surface area contributed by atoms with Crippen molar-refractivity contribution in [1.29, 1.82) is 0 Å². The number of methoxy groups -OCH3 is 1. The molecule has 0 aliphatic heterocycles. The monoisotopic (exact) mass is 628 g/mol. The maximum absolute atomic E-state index is 13.9. The Balaban J connectivity index is 1.66. The molecule has 6 nitrogen and oxygen atoms in total. The van der Waals surface area contributed by atoms with Crippen molar-refractivity contribution >= 4 is 22.8 Å². The highest BCUT2D eigenvalue weighted by atomic mass is 19.4. The average molecular weight is 629 g/mol. The second-order valence-electron chi connectivity index (χ2n) is 11.3. The van der Waals surface area contributed by atoms with Gasteiger partial charge in [-0.05, 0) is 66.4 Å². The Bertz CT molecular complexity index is 1860. The lowest BCUT2D eigenvalue weighted by atomic mass is 9.98. The summed E-state index contributed by atoms with van der Waals surface area (Å²) in [6.07, 6.45) is -1.25. The van der Waals surface area contributed by atoms with Gasteiger partial charge in [0.1, 0.15) is 5.75 Å². The molecular weight excluding hydrogens is 593 g/mol. The molecule has 4 aromatic carbocycles. The van der Waals surface area contributed by atoms with E-state index in [1.807, 2.05) is 61.7 Å². The molecule has 0 radical (unpaired) electrons. The van der Waals surface area contributed by atoms with Gasteiger partial charge in [0.25, 0.3) is 5.91 Å². The van der Waals surface area contributed by atoms with E-state index in [2.05, 4.69) is 22.9 Å². The molecule has 0 saturated carbocycles. The summed E-state index contributed by atoms with van der Waals surface area (Å²) in [5.74, 6) is -1.03. The fourth-order valence-electron chi connectivity index (χ4n) is 5.73. The Kier molecular flexibility index (Phi) is 9.51. The first-order chi connectivity index (χ1) is 22.0.